The van der Waals surface area contributed by atoms with Gasteiger partial charge in [0.2, 0.25) is 0 Å². The fraction of sp³-hybridized carbons (Fsp3) is 0.190. The van der Waals surface area contributed by atoms with Gasteiger partial charge in [-0.1, -0.05) is 17.7 Å². The molecule has 0 aliphatic carbocycles. The molecule has 150 valence electrons. The first-order chi connectivity index (χ1) is 13.8. The van der Waals surface area contributed by atoms with Gasteiger partial charge in [0.05, 0.1) is 23.0 Å². The van der Waals surface area contributed by atoms with Crippen LogP contribution in [0, 0.1) is 10.5 Å². The van der Waals surface area contributed by atoms with Crippen LogP contribution in [0.2, 0.25) is 0 Å². The zero-order chi connectivity index (χ0) is 21.1. The van der Waals surface area contributed by atoms with E-state index in [4.69, 9.17) is 9.47 Å². The highest BCUT2D eigenvalue weighted by Gasteiger charge is 2.36. The van der Waals surface area contributed by atoms with Crippen LogP contribution in [0.1, 0.15) is 18.1 Å². The molecule has 1 aliphatic heterocycles. The minimum atomic E-state index is -0.777. The number of carbonyl (C=O) groups excluding carboxylic acids is 3. The number of aryl methyl sites for hydroxylation is 1. The maximum Gasteiger partial charge on any atom is 0.335 e. The molecule has 0 bridgehead atoms. The van der Waals surface area contributed by atoms with Crippen molar-refractivity contribution in [1.29, 1.82) is 0 Å². The van der Waals surface area contributed by atoms with E-state index in [0.29, 0.717) is 29.4 Å². The average Bonchev–Trinajstić information content (AvgIpc) is 2.67. The van der Waals surface area contributed by atoms with Crippen molar-refractivity contribution < 1.29 is 23.9 Å². The van der Waals surface area contributed by atoms with Gasteiger partial charge in [0.1, 0.15) is 5.57 Å². The first-order valence-electron chi connectivity index (χ1n) is 8.84. The second kappa shape index (κ2) is 8.64. The molecule has 8 heteroatoms. The van der Waals surface area contributed by atoms with Gasteiger partial charge in [0, 0.05) is 0 Å². The fourth-order valence-electron chi connectivity index (χ4n) is 2.88. The topological polar surface area (TPSA) is 84.9 Å². The monoisotopic (exact) mass is 506 g/mol. The van der Waals surface area contributed by atoms with Crippen LogP contribution in [0.3, 0.4) is 0 Å². The van der Waals surface area contributed by atoms with E-state index in [0.717, 1.165) is 14.0 Å². The molecular formula is C21H19IN2O5. The summed E-state index contributed by atoms with van der Waals surface area (Å²) in [4.78, 5) is 38.6. The number of benzene rings is 2. The summed E-state index contributed by atoms with van der Waals surface area (Å²) in [6, 6.07) is 9.56. The standard InChI is InChI=1S/C21H19IN2O5/c1-4-29-17-11-13(10-16(22)18(17)28-3)9-15-19(25)23-21(27)24(20(15)26)14-7-5-12(2)6-8-14/h5-11H,4H2,1-3H3,(H,23,25,27)/b15-9+. The van der Waals surface area contributed by atoms with E-state index in [2.05, 4.69) is 27.9 Å². The number of barbiturate groups is 1. The molecule has 3 rings (SSSR count). The van der Waals surface area contributed by atoms with Crippen LogP contribution in [-0.4, -0.2) is 31.6 Å². The maximum atomic E-state index is 13.0. The van der Waals surface area contributed by atoms with Gasteiger partial charge in [0.15, 0.2) is 11.5 Å². The van der Waals surface area contributed by atoms with Gasteiger partial charge in [0.25, 0.3) is 11.8 Å². The van der Waals surface area contributed by atoms with E-state index in [-0.39, 0.29) is 5.57 Å². The Balaban J connectivity index is 2.03. The molecule has 0 atom stereocenters. The van der Waals surface area contributed by atoms with Crippen molar-refractivity contribution in [3.05, 3.63) is 56.7 Å². The van der Waals surface area contributed by atoms with Gasteiger partial charge >= 0.3 is 6.03 Å². The summed E-state index contributed by atoms with van der Waals surface area (Å²) in [5.74, 6) is -0.354. The second-order valence-corrected chi connectivity index (χ2v) is 7.42. The van der Waals surface area contributed by atoms with Gasteiger partial charge in [-0.15, -0.1) is 0 Å². The summed E-state index contributed by atoms with van der Waals surface area (Å²) in [6.07, 6.45) is 1.44. The number of rotatable bonds is 5. The Bertz CT molecular complexity index is 1010. The largest absolute Gasteiger partial charge is 0.492 e. The van der Waals surface area contributed by atoms with Crippen molar-refractivity contribution in [3.63, 3.8) is 0 Å². The number of amides is 4. The van der Waals surface area contributed by atoms with Crippen molar-refractivity contribution in [2.45, 2.75) is 13.8 Å². The Morgan fingerprint density at radius 2 is 1.83 bits per heavy atom. The van der Waals surface area contributed by atoms with Gasteiger partial charge < -0.3 is 9.47 Å². The van der Waals surface area contributed by atoms with E-state index in [1.54, 1.807) is 43.5 Å². The number of anilines is 1. The third-order valence-electron chi connectivity index (χ3n) is 4.24. The third-order valence-corrected chi connectivity index (χ3v) is 5.04. The summed E-state index contributed by atoms with van der Waals surface area (Å²) in [6.45, 7) is 4.18. The van der Waals surface area contributed by atoms with Crippen LogP contribution in [0.5, 0.6) is 11.5 Å². The molecule has 1 heterocycles. The third kappa shape index (κ3) is 4.26. The van der Waals surface area contributed by atoms with Crippen LogP contribution in [-0.2, 0) is 9.59 Å². The number of carbonyl (C=O) groups is 3. The quantitative estimate of drug-likeness (QED) is 0.380. The zero-order valence-corrected chi connectivity index (χ0v) is 18.3. The summed E-state index contributed by atoms with van der Waals surface area (Å²) >= 11 is 2.09. The van der Waals surface area contributed by atoms with Crippen molar-refractivity contribution in [2.24, 2.45) is 0 Å². The number of urea groups is 1. The molecule has 1 saturated heterocycles. The van der Waals surface area contributed by atoms with Crippen LogP contribution in [0.25, 0.3) is 6.08 Å². The molecule has 1 N–H and O–H groups in total. The fourth-order valence-corrected chi connectivity index (χ4v) is 3.73. The number of halogens is 1. The van der Waals surface area contributed by atoms with Crippen LogP contribution in [0.15, 0.2) is 42.0 Å². The lowest BCUT2D eigenvalue weighted by Crippen LogP contribution is -2.54. The van der Waals surface area contributed by atoms with E-state index < -0.39 is 17.8 Å². The molecule has 0 saturated carbocycles. The first-order valence-corrected chi connectivity index (χ1v) is 9.92. The van der Waals surface area contributed by atoms with E-state index in [1.165, 1.54) is 6.08 Å². The Morgan fingerprint density at radius 3 is 2.45 bits per heavy atom. The predicted octanol–water partition coefficient (Wildman–Crippen LogP) is 3.67. The van der Waals surface area contributed by atoms with Gasteiger partial charge in [-0.2, -0.15) is 0 Å². The van der Waals surface area contributed by atoms with Crippen molar-refractivity contribution in [2.75, 3.05) is 18.6 Å². The smallest absolute Gasteiger partial charge is 0.335 e. The minimum Gasteiger partial charge on any atom is -0.492 e. The summed E-state index contributed by atoms with van der Waals surface area (Å²) < 4.78 is 11.7. The Hall–Kier alpha value is -2.88. The van der Waals surface area contributed by atoms with E-state index in [1.807, 2.05) is 13.8 Å². The van der Waals surface area contributed by atoms with Crippen molar-refractivity contribution in [1.82, 2.24) is 5.32 Å². The van der Waals surface area contributed by atoms with Crippen molar-refractivity contribution >= 4 is 52.2 Å². The highest BCUT2D eigenvalue weighted by molar-refractivity contribution is 14.1. The number of ether oxygens (including phenoxy) is 2. The minimum absolute atomic E-state index is 0.145. The first kappa shape index (κ1) is 20.8. The van der Waals surface area contributed by atoms with Crippen molar-refractivity contribution in [3.8, 4) is 11.5 Å². The number of nitrogens with zero attached hydrogens (tertiary/aromatic N) is 1. The SMILES string of the molecule is CCOc1cc(/C=C2\C(=O)NC(=O)N(c3ccc(C)cc3)C2=O)cc(I)c1OC. The Labute approximate surface area is 181 Å². The summed E-state index contributed by atoms with van der Waals surface area (Å²) in [5.41, 5.74) is 1.81. The number of hydrogen-bond acceptors (Lipinski definition) is 5. The Morgan fingerprint density at radius 1 is 1.14 bits per heavy atom. The lowest BCUT2D eigenvalue weighted by molar-refractivity contribution is -0.122. The maximum absolute atomic E-state index is 13.0. The molecule has 2 aromatic rings. The van der Waals surface area contributed by atoms with E-state index in [9.17, 15) is 14.4 Å². The summed E-state index contributed by atoms with van der Waals surface area (Å²) in [5, 5.41) is 2.22. The summed E-state index contributed by atoms with van der Waals surface area (Å²) in [7, 11) is 1.54. The number of hydrogen-bond donors (Lipinski definition) is 1. The number of methoxy groups -OCH3 is 1. The molecular weight excluding hydrogens is 487 g/mol. The molecule has 0 aromatic heterocycles. The molecule has 0 spiro atoms. The average molecular weight is 506 g/mol. The number of nitrogens with one attached hydrogen (secondary N) is 1. The molecule has 29 heavy (non-hydrogen) atoms. The molecule has 1 fully saturated rings. The highest BCUT2D eigenvalue weighted by atomic mass is 127. The van der Waals surface area contributed by atoms with Crippen LogP contribution in [0.4, 0.5) is 10.5 Å². The van der Waals surface area contributed by atoms with Crippen LogP contribution < -0.4 is 19.7 Å². The Kier molecular flexibility index (Phi) is 6.21. The van der Waals surface area contributed by atoms with Gasteiger partial charge in [-0.3, -0.25) is 14.9 Å². The molecule has 7 nitrogen and oxygen atoms in total. The van der Waals surface area contributed by atoms with E-state index >= 15 is 0 Å². The number of imide groups is 2. The molecule has 2 aromatic carbocycles. The lowest BCUT2D eigenvalue weighted by Gasteiger charge is -2.26. The molecule has 0 radical (unpaired) electrons. The second-order valence-electron chi connectivity index (χ2n) is 6.26. The zero-order valence-electron chi connectivity index (χ0n) is 16.1. The normalized spacial score (nSPS) is 15.5. The molecule has 0 unspecified atom stereocenters. The molecule has 4 amide bonds. The highest BCUT2D eigenvalue weighted by Crippen LogP contribution is 2.35. The van der Waals surface area contributed by atoms with Gasteiger partial charge in [-0.25, -0.2) is 9.69 Å². The molecule has 1 aliphatic rings. The van der Waals surface area contributed by atoms with Crippen LogP contribution >= 0.6 is 22.6 Å². The lowest BCUT2D eigenvalue weighted by atomic mass is 10.1. The van der Waals surface area contributed by atoms with Gasteiger partial charge in [-0.05, 0) is 72.3 Å². The predicted molar refractivity (Wildman–Crippen MR) is 117 cm³/mol.